The molecule has 0 aliphatic heterocycles. The van der Waals surface area contributed by atoms with Gasteiger partial charge in [-0.05, 0) is 27.3 Å². The van der Waals surface area contributed by atoms with E-state index in [-0.39, 0.29) is 0 Å². The van der Waals surface area contributed by atoms with Gasteiger partial charge in [-0.15, -0.1) is 0 Å². The Bertz CT molecular complexity index is 316. The number of hydrogen-bond acceptors (Lipinski definition) is 4. The Morgan fingerprint density at radius 1 is 1.19 bits per heavy atom. The minimum Gasteiger partial charge on any atom is -0.385 e. The normalized spacial score (nSPS) is 10.8. The number of rotatable bonds is 6. The predicted octanol–water partition coefficient (Wildman–Crippen LogP) is 1.39. The van der Waals surface area contributed by atoms with Crippen LogP contribution >= 0.6 is 0 Å². The lowest BCUT2D eigenvalue weighted by atomic mass is 10.1. The summed E-state index contributed by atoms with van der Waals surface area (Å²) in [5.41, 5.74) is 3.36. The van der Waals surface area contributed by atoms with Gasteiger partial charge in [0, 0.05) is 43.6 Å². The Hall–Kier alpha value is -1.00. The topological polar surface area (TPSA) is 47.0 Å². The van der Waals surface area contributed by atoms with Crippen molar-refractivity contribution in [3.63, 3.8) is 0 Å². The SMILES string of the molecule is CNCc1c(C)nc(CCCOC)nc1C. The fraction of sp³-hybridized carbons (Fsp3) is 0.667. The van der Waals surface area contributed by atoms with Gasteiger partial charge in [-0.25, -0.2) is 9.97 Å². The first-order chi connectivity index (χ1) is 7.69. The quantitative estimate of drug-likeness (QED) is 0.740. The predicted molar refractivity (Wildman–Crippen MR) is 64.5 cm³/mol. The summed E-state index contributed by atoms with van der Waals surface area (Å²) < 4.78 is 5.02. The van der Waals surface area contributed by atoms with Gasteiger partial charge in [-0.1, -0.05) is 0 Å². The minimum atomic E-state index is 0.764. The summed E-state index contributed by atoms with van der Waals surface area (Å²) in [6, 6.07) is 0. The van der Waals surface area contributed by atoms with Gasteiger partial charge in [-0.2, -0.15) is 0 Å². The second kappa shape index (κ2) is 6.55. The summed E-state index contributed by atoms with van der Waals surface area (Å²) >= 11 is 0. The van der Waals surface area contributed by atoms with Gasteiger partial charge in [0.2, 0.25) is 0 Å². The van der Waals surface area contributed by atoms with E-state index in [1.807, 2.05) is 20.9 Å². The van der Waals surface area contributed by atoms with Crippen LogP contribution in [0.25, 0.3) is 0 Å². The highest BCUT2D eigenvalue weighted by atomic mass is 16.5. The summed E-state index contributed by atoms with van der Waals surface area (Å²) in [5, 5.41) is 3.14. The largest absolute Gasteiger partial charge is 0.385 e. The molecule has 0 aromatic carbocycles. The lowest BCUT2D eigenvalue weighted by Gasteiger charge is -2.10. The van der Waals surface area contributed by atoms with E-state index in [1.165, 1.54) is 5.56 Å². The highest BCUT2D eigenvalue weighted by Crippen LogP contribution is 2.10. The monoisotopic (exact) mass is 223 g/mol. The molecule has 4 nitrogen and oxygen atoms in total. The Morgan fingerprint density at radius 2 is 1.81 bits per heavy atom. The van der Waals surface area contributed by atoms with E-state index in [9.17, 15) is 0 Å². The summed E-state index contributed by atoms with van der Waals surface area (Å²) in [6.07, 6.45) is 1.86. The lowest BCUT2D eigenvalue weighted by Crippen LogP contribution is -2.12. The van der Waals surface area contributed by atoms with Crippen LogP contribution in [-0.2, 0) is 17.7 Å². The van der Waals surface area contributed by atoms with Gasteiger partial charge >= 0.3 is 0 Å². The van der Waals surface area contributed by atoms with Crippen LogP contribution in [-0.4, -0.2) is 30.7 Å². The molecule has 0 aliphatic rings. The molecule has 0 saturated heterocycles. The van der Waals surface area contributed by atoms with Crippen LogP contribution in [0.5, 0.6) is 0 Å². The van der Waals surface area contributed by atoms with E-state index < -0.39 is 0 Å². The fourth-order valence-corrected chi connectivity index (χ4v) is 1.73. The standard InChI is InChI=1S/C12H21N3O/c1-9-11(8-13-3)10(2)15-12(14-9)6-5-7-16-4/h13H,5-8H2,1-4H3. The molecule has 16 heavy (non-hydrogen) atoms. The molecule has 1 heterocycles. The maximum atomic E-state index is 5.02. The molecule has 0 amide bonds. The first kappa shape index (κ1) is 13.1. The molecule has 0 aliphatic carbocycles. The zero-order valence-corrected chi connectivity index (χ0v) is 10.6. The summed E-state index contributed by atoms with van der Waals surface area (Å²) in [5.74, 6) is 0.923. The maximum absolute atomic E-state index is 5.02. The number of aryl methyl sites for hydroxylation is 3. The molecule has 0 radical (unpaired) electrons. The van der Waals surface area contributed by atoms with Gasteiger partial charge < -0.3 is 10.1 Å². The van der Waals surface area contributed by atoms with Crippen LogP contribution in [0, 0.1) is 13.8 Å². The average molecular weight is 223 g/mol. The number of nitrogens with zero attached hydrogens (tertiary/aromatic N) is 2. The average Bonchev–Trinajstić information content (AvgIpc) is 2.24. The Morgan fingerprint density at radius 3 is 2.31 bits per heavy atom. The van der Waals surface area contributed by atoms with Gasteiger partial charge in [-0.3, -0.25) is 0 Å². The first-order valence-corrected chi connectivity index (χ1v) is 5.65. The molecule has 1 rings (SSSR count). The molecule has 0 fully saturated rings. The molecular formula is C12H21N3O. The number of aromatic nitrogens is 2. The van der Waals surface area contributed by atoms with E-state index in [0.29, 0.717) is 0 Å². The van der Waals surface area contributed by atoms with Crippen LogP contribution in [0.2, 0.25) is 0 Å². The third-order valence-corrected chi connectivity index (χ3v) is 2.57. The highest BCUT2D eigenvalue weighted by Gasteiger charge is 2.07. The van der Waals surface area contributed by atoms with Gasteiger partial charge in [0.15, 0.2) is 0 Å². The van der Waals surface area contributed by atoms with Crippen molar-refractivity contribution in [3.05, 3.63) is 22.8 Å². The summed E-state index contributed by atoms with van der Waals surface area (Å²) in [4.78, 5) is 9.04. The molecule has 0 saturated carbocycles. The van der Waals surface area contributed by atoms with Crippen molar-refractivity contribution in [2.75, 3.05) is 20.8 Å². The second-order valence-electron chi connectivity index (χ2n) is 3.92. The zero-order chi connectivity index (χ0) is 12.0. The Balaban J connectivity index is 2.75. The van der Waals surface area contributed by atoms with Crippen LogP contribution in [0.4, 0.5) is 0 Å². The zero-order valence-electron chi connectivity index (χ0n) is 10.6. The van der Waals surface area contributed by atoms with E-state index in [4.69, 9.17) is 4.74 Å². The number of ether oxygens (including phenoxy) is 1. The van der Waals surface area contributed by atoms with Crippen LogP contribution in [0.15, 0.2) is 0 Å². The molecular weight excluding hydrogens is 202 g/mol. The first-order valence-electron chi connectivity index (χ1n) is 5.65. The Kier molecular flexibility index (Phi) is 5.35. The fourth-order valence-electron chi connectivity index (χ4n) is 1.73. The lowest BCUT2D eigenvalue weighted by molar-refractivity contribution is 0.194. The number of hydrogen-bond donors (Lipinski definition) is 1. The third kappa shape index (κ3) is 3.54. The summed E-state index contributed by atoms with van der Waals surface area (Å²) in [6.45, 7) is 5.68. The molecule has 0 spiro atoms. The molecule has 1 aromatic rings. The minimum absolute atomic E-state index is 0.764. The van der Waals surface area contributed by atoms with Crippen molar-refractivity contribution < 1.29 is 4.74 Å². The van der Waals surface area contributed by atoms with E-state index in [1.54, 1.807) is 7.11 Å². The smallest absolute Gasteiger partial charge is 0.128 e. The molecule has 90 valence electrons. The van der Waals surface area contributed by atoms with Crippen molar-refractivity contribution in [2.45, 2.75) is 33.2 Å². The van der Waals surface area contributed by atoms with Crippen molar-refractivity contribution >= 4 is 0 Å². The van der Waals surface area contributed by atoms with Crippen LogP contribution < -0.4 is 5.32 Å². The van der Waals surface area contributed by atoms with E-state index in [2.05, 4.69) is 15.3 Å². The molecule has 1 N–H and O–H groups in total. The number of nitrogens with one attached hydrogen (secondary N) is 1. The second-order valence-corrected chi connectivity index (χ2v) is 3.92. The molecule has 1 aromatic heterocycles. The van der Waals surface area contributed by atoms with Crippen molar-refractivity contribution in [1.82, 2.24) is 15.3 Å². The van der Waals surface area contributed by atoms with Gasteiger partial charge in [0.1, 0.15) is 5.82 Å². The van der Waals surface area contributed by atoms with E-state index >= 15 is 0 Å². The van der Waals surface area contributed by atoms with Crippen molar-refractivity contribution in [2.24, 2.45) is 0 Å². The Labute approximate surface area is 97.5 Å². The van der Waals surface area contributed by atoms with E-state index in [0.717, 1.165) is 43.2 Å². The maximum Gasteiger partial charge on any atom is 0.128 e. The molecule has 0 unspecified atom stereocenters. The van der Waals surface area contributed by atoms with Gasteiger partial charge in [0.25, 0.3) is 0 Å². The van der Waals surface area contributed by atoms with Crippen molar-refractivity contribution in [1.29, 1.82) is 0 Å². The number of methoxy groups -OCH3 is 1. The van der Waals surface area contributed by atoms with Crippen LogP contribution in [0.1, 0.15) is 29.2 Å². The van der Waals surface area contributed by atoms with Crippen LogP contribution in [0.3, 0.4) is 0 Å². The molecule has 4 heteroatoms. The molecule has 0 bridgehead atoms. The third-order valence-electron chi connectivity index (χ3n) is 2.57. The highest BCUT2D eigenvalue weighted by molar-refractivity contribution is 5.24. The van der Waals surface area contributed by atoms with Gasteiger partial charge in [0.05, 0.1) is 0 Å². The summed E-state index contributed by atoms with van der Waals surface area (Å²) in [7, 11) is 3.65. The molecule has 0 atom stereocenters. The van der Waals surface area contributed by atoms with Crippen molar-refractivity contribution in [3.8, 4) is 0 Å².